The molecular weight excluding hydrogens is 192 g/mol. The van der Waals surface area contributed by atoms with Crippen molar-refractivity contribution in [1.29, 1.82) is 0 Å². The van der Waals surface area contributed by atoms with Crippen molar-refractivity contribution in [3.8, 4) is 0 Å². The van der Waals surface area contributed by atoms with Crippen LogP contribution in [0.2, 0.25) is 0 Å². The van der Waals surface area contributed by atoms with E-state index in [-0.39, 0.29) is 18.0 Å². The number of aliphatic carboxylic acids is 1. The summed E-state index contributed by atoms with van der Waals surface area (Å²) in [4.78, 5) is 13.3. The standard InChI is InChI=1S/C11H22N2O2/c1-4-9-10(12)8(11(14)15)5-6-13(9)7(2)3/h7-10H,4-6,12H2,1-3H3,(H,14,15). The summed E-state index contributed by atoms with van der Waals surface area (Å²) >= 11 is 0. The second-order valence-electron chi connectivity index (χ2n) is 4.62. The topological polar surface area (TPSA) is 66.6 Å². The fraction of sp³-hybridized carbons (Fsp3) is 0.909. The number of carbonyl (C=O) groups is 1. The van der Waals surface area contributed by atoms with Crippen LogP contribution in [0, 0.1) is 5.92 Å². The first kappa shape index (κ1) is 12.5. The average Bonchev–Trinajstić information content (AvgIpc) is 2.16. The highest BCUT2D eigenvalue weighted by Gasteiger charge is 2.39. The minimum absolute atomic E-state index is 0.208. The fourth-order valence-corrected chi connectivity index (χ4v) is 2.57. The maximum Gasteiger partial charge on any atom is 0.308 e. The van der Waals surface area contributed by atoms with Crippen molar-refractivity contribution in [2.75, 3.05) is 6.54 Å². The Hall–Kier alpha value is -0.610. The molecule has 88 valence electrons. The van der Waals surface area contributed by atoms with Crippen LogP contribution in [0.5, 0.6) is 0 Å². The van der Waals surface area contributed by atoms with Crippen LogP contribution in [0.15, 0.2) is 0 Å². The third-order valence-electron chi connectivity index (χ3n) is 3.43. The molecule has 0 aromatic heterocycles. The van der Waals surface area contributed by atoms with Gasteiger partial charge in [-0.3, -0.25) is 9.69 Å². The Kier molecular flexibility index (Phi) is 4.11. The Balaban J connectivity index is 2.76. The minimum atomic E-state index is -0.746. The van der Waals surface area contributed by atoms with Crippen LogP contribution in [0.25, 0.3) is 0 Å². The van der Waals surface area contributed by atoms with E-state index in [2.05, 4.69) is 25.7 Å². The van der Waals surface area contributed by atoms with Gasteiger partial charge in [-0.2, -0.15) is 0 Å². The molecule has 0 aliphatic carbocycles. The smallest absolute Gasteiger partial charge is 0.308 e. The van der Waals surface area contributed by atoms with Crippen molar-refractivity contribution in [3.63, 3.8) is 0 Å². The number of likely N-dealkylation sites (tertiary alicyclic amines) is 1. The van der Waals surface area contributed by atoms with Crippen molar-refractivity contribution in [1.82, 2.24) is 4.90 Å². The van der Waals surface area contributed by atoms with E-state index in [1.165, 1.54) is 0 Å². The summed E-state index contributed by atoms with van der Waals surface area (Å²) in [6, 6.07) is 0.416. The van der Waals surface area contributed by atoms with E-state index in [9.17, 15) is 4.79 Å². The van der Waals surface area contributed by atoms with Crippen molar-refractivity contribution in [2.24, 2.45) is 11.7 Å². The predicted molar refractivity (Wildman–Crippen MR) is 59.6 cm³/mol. The van der Waals surface area contributed by atoms with Gasteiger partial charge in [-0.05, 0) is 33.2 Å². The van der Waals surface area contributed by atoms with Crippen molar-refractivity contribution < 1.29 is 9.90 Å². The van der Waals surface area contributed by atoms with Gasteiger partial charge in [0.15, 0.2) is 0 Å². The lowest BCUT2D eigenvalue weighted by atomic mass is 9.84. The van der Waals surface area contributed by atoms with Gasteiger partial charge in [-0.25, -0.2) is 0 Å². The number of piperidine rings is 1. The second-order valence-corrected chi connectivity index (χ2v) is 4.62. The van der Waals surface area contributed by atoms with Crippen LogP contribution in [-0.4, -0.2) is 40.6 Å². The molecule has 4 heteroatoms. The molecule has 0 radical (unpaired) electrons. The molecular formula is C11H22N2O2. The number of carboxylic acids is 1. The first-order chi connectivity index (χ1) is 6.99. The molecule has 15 heavy (non-hydrogen) atoms. The van der Waals surface area contributed by atoms with Crippen LogP contribution in [0.1, 0.15) is 33.6 Å². The Morgan fingerprint density at radius 1 is 1.60 bits per heavy atom. The van der Waals surface area contributed by atoms with E-state index in [1.54, 1.807) is 0 Å². The molecule has 1 rings (SSSR count). The molecule has 0 amide bonds. The van der Waals surface area contributed by atoms with Crippen LogP contribution >= 0.6 is 0 Å². The normalized spacial score (nSPS) is 33.3. The van der Waals surface area contributed by atoms with Gasteiger partial charge in [0, 0.05) is 18.1 Å². The highest BCUT2D eigenvalue weighted by atomic mass is 16.4. The summed E-state index contributed by atoms with van der Waals surface area (Å²) in [6.07, 6.45) is 1.59. The van der Waals surface area contributed by atoms with E-state index < -0.39 is 5.97 Å². The van der Waals surface area contributed by atoms with Crippen LogP contribution < -0.4 is 5.73 Å². The summed E-state index contributed by atoms with van der Waals surface area (Å²) in [7, 11) is 0. The first-order valence-corrected chi connectivity index (χ1v) is 5.73. The second kappa shape index (κ2) is 4.94. The molecule has 1 heterocycles. The maximum absolute atomic E-state index is 11.0. The quantitative estimate of drug-likeness (QED) is 0.732. The van der Waals surface area contributed by atoms with Crippen LogP contribution in [-0.2, 0) is 4.79 Å². The molecule has 1 saturated heterocycles. The summed E-state index contributed by atoms with van der Waals surface area (Å²) in [5.74, 6) is -1.12. The van der Waals surface area contributed by atoms with E-state index in [1.807, 2.05) is 0 Å². The van der Waals surface area contributed by atoms with Gasteiger partial charge in [-0.15, -0.1) is 0 Å². The Labute approximate surface area is 91.4 Å². The molecule has 0 bridgehead atoms. The van der Waals surface area contributed by atoms with Gasteiger partial charge in [0.2, 0.25) is 0 Å². The molecule has 1 aliphatic heterocycles. The van der Waals surface area contributed by atoms with E-state index in [0.717, 1.165) is 13.0 Å². The SMILES string of the molecule is CCC1C(N)C(C(=O)O)CCN1C(C)C. The van der Waals surface area contributed by atoms with Crippen LogP contribution in [0.4, 0.5) is 0 Å². The highest BCUT2D eigenvalue weighted by Crippen LogP contribution is 2.25. The van der Waals surface area contributed by atoms with Crippen molar-refractivity contribution in [2.45, 2.75) is 51.7 Å². The molecule has 0 aromatic carbocycles. The number of hydrogen-bond donors (Lipinski definition) is 2. The van der Waals surface area contributed by atoms with E-state index >= 15 is 0 Å². The number of nitrogens with two attached hydrogens (primary N) is 1. The van der Waals surface area contributed by atoms with E-state index in [4.69, 9.17) is 10.8 Å². The van der Waals surface area contributed by atoms with Gasteiger partial charge in [0.05, 0.1) is 5.92 Å². The fourth-order valence-electron chi connectivity index (χ4n) is 2.57. The summed E-state index contributed by atoms with van der Waals surface area (Å²) in [6.45, 7) is 7.19. The van der Waals surface area contributed by atoms with Gasteiger partial charge >= 0.3 is 5.97 Å². The van der Waals surface area contributed by atoms with Crippen LogP contribution in [0.3, 0.4) is 0 Å². The molecule has 0 aromatic rings. The van der Waals surface area contributed by atoms with Gasteiger partial charge < -0.3 is 10.8 Å². The lowest BCUT2D eigenvalue weighted by Gasteiger charge is -2.44. The molecule has 0 saturated carbocycles. The number of nitrogens with zero attached hydrogens (tertiary/aromatic N) is 1. The summed E-state index contributed by atoms with van der Waals surface area (Å²) in [5, 5.41) is 9.05. The van der Waals surface area contributed by atoms with Gasteiger partial charge in [-0.1, -0.05) is 6.92 Å². The molecule has 4 nitrogen and oxygen atoms in total. The Bertz CT molecular complexity index is 231. The number of carboxylic acid groups (broad SMARTS) is 1. The molecule has 1 fully saturated rings. The molecule has 0 spiro atoms. The summed E-state index contributed by atoms with van der Waals surface area (Å²) in [5.41, 5.74) is 6.04. The van der Waals surface area contributed by atoms with Crippen molar-refractivity contribution >= 4 is 5.97 Å². The number of rotatable bonds is 3. The zero-order valence-corrected chi connectivity index (χ0v) is 9.81. The highest BCUT2D eigenvalue weighted by molar-refractivity contribution is 5.71. The monoisotopic (exact) mass is 214 g/mol. The van der Waals surface area contributed by atoms with Gasteiger partial charge in [0.25, 0.3) is 0 Å². The minimum Gasteiger partial charge on any atom is -0.481 e. The third-order valence-corrected chi connectivity index (χ3v) is 3.43. The summed E-state index contributed by atoms with van der Waals surface area (Å²) < 4.78 is 0. The third kappa shape index (κ3) is 2.49. The molecule has 1 aliphatic rings. The molecule has 3 N–H and O–H groups in total. The lowest BCUT2D eigenvalue weighted by molar-refractivity contribution is -0.145. The number of hydrogen-bond acceptors (Lipinski definition) is 3. The van der Waals surface area contributed by atoms with Gasteiger partial charge in [0.1, 0.15) is 0 Å². The molecule has 3 atom stereocenters. The largest absolute Gasteiger partial charge is 0.481 e. The van der Waals surface area contributed by atoms with Crippen molar-refractivity contribution in [3.05, 3.63) is 0 Å². The zero-order valence-electron chi connectivity index (χ0n) is 9.81. The average molecular weight is 214 g/mol. The predicted octanol–water partition coefficient (Wildman–Crippen LogP) is 0.907. The lowest BCUT2D eigenvalue weighted by Crippen LogP contribution is -2.59. The maximum atomic E-state index is 11.0. The zero-order chi connectivity index (χ0) is 11.6. The molecule has 3 unspecified atom stereocenters. The van der Waals surface area contributed by atoms with E-state index in [0.29, 0.717) is 12.5 Å². The Morgan fingerprint density at radius 2 is 2.20 bits per heavy atom. The first-order valence-electron chi connectivity index (χ1n) is 5.73. The Morgan fingerprint density at radius 3 is 2.60 bits per heavy atom.